The van der Waals surface area contributed by atoms with Crippen molar-refractivity contribution >= 4 is 23.5 Å². The summed E-state index contributed by atoms with van der Waals surface area (Å²) in [6.45, 7) is 2.29. The molecule has 1 aromatic carbocycles. The van der Waals surface area contributed by atoms with E-state index in [1.165, 1.54) is 10.2 Å². The molecule has 6 rings (SSSR count). The van der Waals surface area contributed by atoms with Gasteiger partial charge in [0, 0.05) is 50.3 Å². The van der Waals surface area contributed by atoms with Gasteiger partial charge in [-0.3, -0.25) is 14.5 Å². The number of fused-ring (bicyclic) bond motifs is 3. The molecule has 12 heteroatoms. The fourth-order valence-electron chi connectivity index (χ4n) is 5.08. The number of hydrogen-bond donors (Lipinski definition) is 2. The summed E-state index contributed by atoms with van der Waals surface area (Å²) in [5.74, 6) is 1.44. The number of anilines is 2. The molecule has 0 bridgehead atoms. The van der Waals surface area contributed by atoms with Crippen LogP contribution in [0.3, 0.4) is 0 Å². The fraction of sp³-hybridized carbons (Fsp3) is 0.286. The lowest BCUT2D eigenvalue weighted by atomic mass is 9.90. The molecule has 1 aliphatic heterocycles. The van der Waals surface area contributed by atoms with Crippen LogP contribution in [0.25, 0.3) is 17.2 Å². The Bertz CT molecular complexity index is 1560. The van der Waals surface area contributed by atoms with Crippen molar-refractivity contribution in [2.75, 3.05) is 50.9 Å². The van der Waals surface area contributed by atoms with Crippen LogP contribution in [-0.2, 0) is 17.6 Å². The van der Waals surface area contributed by atoms with Crippen molar-refractivity contribution < 1.29 is 14.3 Å². The Kier molecular flexibility index (Phi) is 6.83. The normalized spacial score (nSPS) is 14.8. The summed E-state index contributed by atoms with van der Waals surface area (Å²) in [7, 11) is 1.66. The number of nitrogens with one attached hydrogen (secondary N) is 1. The molecule has 4 heterocycles. The first-order valence-corrected chi connectivity index (χ1v) is 13.1. The highest BCUT2D eigenvalue weighted by Crippen LogP contribution is 2.34. The number of aromatic nitrogens is 5. The second-order valence-electron chi connectivity index (χ2n) is 9.77. The van der Waals surface area contributed by atoms with E-state index >= 15 is 0 Å². The third-order valence-corrected chi connectivity index (χ3v) is 7.22. The number of rotatable bonds is 6. The van der Waals surface area contributed by atoms with E-state index < -0.39 is 0 Å². The summed E-state index contributed by atoms with van der Waals surface area (Å²) in [5.41, 5.74) is 10.6. The zero-order valence-corrected chi connectivity index (χ0v) is 22.1. The molecular weight excluding hydrogens is 510 g/mol. The van der Waals surface area contributed by atoms with Gasteiger partial charge in [-0.1, -0.05) is 6.07 Å². The van der Waals surface area contributed by atoms with Gasteiger partial charge >= 0.3 is 0 Å². The molecule has 3 N–H and O–H groups in total. The molecule has 4 aromatic rings. The van der Waals surface area contributed by atoms with E-state index in [0.29, 0.717) is 43.5 Å². The third-order valence-electron chi connectivity index (χ3n) is 7.22. The summed E-state index contributed by atoms with van der Waals surface area (Å²) in [6.07, 6.45) is 6.74. The molecular formula is C28H29N9O3. The molecule has 3 aromatic heterocycles. The Morgan fingerprint density at radius 2 is 1.88 bits per heavy atom. The highest BCUT2D eigenvalue weighted by Gasteiger charge is 2.27. The summed E-state index contributed by atoms with van der Waals surface area (Å²) in [4.78, 5) is 42.8. The molecule has 0 unspecified atom stereocenters. The minimum Gasteiger partial charge on any atom is -0.497 e. The largest absolute Gasteiger partial charge is 0.497 e. The topological polar surface area (TPSA) is 144 Å². The number of pyridine rings is 1. The van der Waals surface area contributed by atoms with Crippen LogP contribution in [0.1, 0.15) is 21.5 Å². The van der Waals surface area contributed by atoms with Crippen LogP contribution in [0.5, 0.6) is 5.75 Å². The summed E-state index contributed by atoms with van der Waals surface area (Å²) < 4.78 is 6.83. The van der Waals surface area contributed by atoms with Crippen LogP contribution in [0, 0.1) is 0 Å². The Morgan fingerprint density at radius 3 is 2.65 bits per heavy atom. The first kappa shape index (κ1) is 25.4. The molecule has 2 amide bonds. The van der Waals surface area contributed by atoms with Crippen molar-refractivity contribution in [2.24, 2.45) is 0 Å². The Labute approximate surface area is 230 Å². The Hall–Kier alpha value is -4.84. The molecule has 204 valence electrons. The number of nitrogens with zero attached hydrogens (tertiary/aromatic N) is 7. The lowest BCUT2D eigenvalue weighted by Gasteiger charge is -2.34. The molecule has 1 saturated heterocycles. The molecule has 0 atom stereocenters. The number of amides is 2. The van der Waals surface area contributed by atoms with E-state index in [4.69, 9.17) is 15.5 Å². The van der Waals surface area contributed by atoms with Gasteiger partial charge in [-0.05, 0) is 54.3 Å². The van der Waals surface area contributed by atoms with Gasteiger partial charge < -0.3 is 20.7 Å². The second kappa shape index (κ2) is 10.7. The predicted molar refractivity (Wildman–Crippen MR) is 148 cm³/mol. The van der Waals surface area contributed by atoms with Crippen molar-refractivity contribution in [3.63, 3.8) is 0 Å². The van der Waals surface area contributed by atoms with Crippen LogP contribution in [0.2, 0.25) is 0 Å². The Balaban J connectivity index is 1.12. The fourth-order valence-corrected chi connectivity index (χ4v) is 5.08. The standard InChI is InChI=1S/C28H29N9O3/c1-40-20-7-8-21-18(14-20)5-6-19-15-31-28(33-25(19)21)37-16-22(26(29)34-37)27(39)36-12-10-35(11-13-36)17-24(38)32-23-4-2-3-9-30-23/h2-4,7-9,14-16H,5-6,10-13,17H2,1H3,(H2,29,34)(H,30,32,38). The number of methoxy groups -OCH3 is 1. The minimum absolute atomic E-state index is 0.119. The van der Waals surface area contributed by atoms with E-state index in [0.717, 1.165) is 35.4 Å². The summed E-state index contributed by atoms with van der Waals surface area (Å²) in [6, 6.07) is 11.3. The number of benzene rings is 1. The maximum absolute atomic E-state index is 13.3. The van der Waals surface area contributed by atoms with Gasteiger partial charge in [0.1, 0.15) is 17.1 Å². The van der Waals surface area contributed by atoms with E-state index in [1.54, 1.807) is 36.5 Å². The zero-order chi connectivity index (χ0) is 27.6. The van der Waals surface area contributed by atoms with Crippen LogP contribution >= 0.6 is 0 Å². The van der Waals surface area contributed by atoms with Gasteiger partial charge in [-0.15, -0.1) is 5.10 Å². The minimum atomic E-state index is -0.211. The molecule has 0 saturated carbocycles. The van der Waals surface area contributed by atoms with Gasteiger partial charge in [0.2, 0.25) is 5.91 Å². The lowest BCUT2D eigenvalue weighted by molar-refractivity contribution is -0.117. The van der Waals surface area contributed by atoms with E-state index in [2.05, 4.69) is 20.4 Å². The molecule has 0 spiro atoms. The zero-order valence-electron chi connectivity index (χ0n) is 22.1. The van der Waals surface area contributed by atoms with Gasteiger partial charge in [0.25, 0.3) is 11.9 Å². The molecule has 40 heavy (non-hydrogen) atoms. The molecule has 1 aliphatic carbocycles. The van der Waals surface area contributed by atoms with Gasteiger partial charge in [0.05, 0.1) is 19.3 Å². The van der Waals surface area contributed by atoms with Crippen molar-refractivity contribution in [1.82, 2.24) is 34.5 Å². The molecule has 0 radical (unpaired) electrons. The lowest BCUT2D eigenvalue weighted by Crippen LogP contribution is -2.50. The first-order chi connectivity index (χ1) is 19.5. The van der Waals surface area contributed by atoms with Crippen molar-refractivity contribution in [3.05, 3.63) is 71.7 Å². The van der Waals surface area contributed by atoms with Crippen molar-refractivity contribution in [1.29, 1.82) is 0 Å². The predicted octanol–water partition coefficient (Wildman–Crippen LogP) is 1.81. The van der Waals surface area contributed by atoms with Gasteiger partial charge in [-0.2, -0.15) is 0 Å². The van der Waals surface area contributed by atoms with Crippen LogP contribution in [0.4, 0.5) is 11.6 Å². The number of hydrogen-bond acceptors (Lipinski definition) is 9. The van der Waals surface area contributed by atoms with Crippen LogP contribution in [0.15, 0.2) is 55.0 Å². The van der Waals surface area contributed by atoms with E-state index in [1.807, 2.05) is 35.4 Å². The monoisotopic (exact) mass is 539 g/mol. The molecule has 1 fully saturated rings. The van der Waals surface area contributed by atoms with Crippen LogP contribution < -0.4 is 15.8 Å². The van der Waals surface area contributed by atoms with Crippen molar-refractivity contribution in [2.45, 2.75) is 12.8 Å². The molecule has 12 nitrogen and oxygen atoms in total. The maximum atomic E-state index is 13.3. The van der Waals surface area contributed by atoms with Crippen LogP contribution in [-0.4, -0.2) is 86.2 Å². The third kappa shape index (κ3) is 5.08. The number of nitrogens with two attached hydrogens (primary N) is 1. The number of carbonyl (C=O) groups excluding carboxylic acids is 2. The Morgan fingerprint density at radius 1 is 1.05 bits per heavy atom. The SMILES string of the molecule is COc1ccc2c(c1)CCc1cnc(-n3cc(C(=O)N4CCN(CC(=O)Nc5ccccn5)CC4)c(N)n3)nc1-2. The average Bonchev–Trinajstić information content (AvgIpc) is 3.38. The smallest absolute Gasteiger partial charge is 0.259 e. The maximum Gasteiger partial charge on any atom is 0.259 e. The highest BCUT2D eigenvalue weighted by atomic mass is 16.5. The number of ether oxygens (including phenoxy) is 1. The number of carbonyl (C=O) groups is 2. The summed E-state index contributed by atoms with van der Waals surface area (Å²) in [5, 5.41) is 7.14. The van der Waals surface area contributed by atoms with Gasteiger partial charge in [0.15, 0.2) is 5.82 Å². The molecule has 2 aliphatic rings. The number of piperazine rings is 1. The second-order valence-corrected chi connectivity index (χ2v) is 9.77. The van der Waals surface area contributed by atoms with E-state index in [-0.39, 0.29) is 24.2 Å². The van der Waals surface area contributed by atoms with Gasteiger partial charge in [-0.25, -0.2) is 19.6 Å². The first-order valence-electron chi connectivity index (χ1n) is 13.1. The average molecular weight is 540 g/mol. The van der Waals surface area contributed by atoms with Crippen molar-refractivity contribution in [3.8, 4) is 23.0 Å². The quantitative estimate of drug-likeness (QED) is 0.375. The summed E-state index contributed by atoms with van der Waals surface area (Å²) >= 11 is 0. The highest BCUT2D eigenvalue weighted by molar-refractivity contribution is 5.98. The number of nitrogen functional groups attached to an aromatic ring is 1. The number of aryl methyl sites for hydroxylation is 2. The van der Waals surface area contributed by atoms with E-state index in [9.17, 15) is 9.59 Å².